The van der Waals surface area contributed by atoms with Crippen LogP contribution >= 0.6 is 0 Å². The lowest BCUT2D eigenvalue weighted by Crippen LogP contribution is -2.74. The van der Waals surface area contributed by atoms with E-state index in [0.717, 1.165) is 22.3 Å². The van der Waals surface area contributed by atoms with Gasteiger partial charge in [0.25, 0.3) is 5.92 Å². The Labute approximate surface area is 115 Å². The van der Waals surface area contributed by atoms with Gasteiger partial charge in [-0.25, -0.2) is 8.78 Å². The third-order valence-electron chi connectivity index (χ3n) is 4.64. The fourth-order valence-electron chi connectivity index (χ4n) is 3.63. The maximum Gasteiger partial charge on any atom is 0.251 e. The number of aromatic nitrogens is 3. The van der Waals surface area contributed by atoms with Crippen LogP contribution in [0.4, 0.5) is 8.78 Å². The molecular formula is C14H16F2N4. The van der Waals surface area contributed by atoms with Crippen LogP contribution in [0, 0.1) is 13.8 Å². The highest BCUT2D eigenvalue weighted by molar-refractivity contribution is 5.81. The summed E-state index contributed by atoms with van der Waals surface area (Å²) in [7, 11) is 0. The normalized spacial score (nSPS) is 26.5. The van der Waals surface area contributed by atoms with E-state index in [-0.39, 0.29) is 18.9 Å². The van der Waals surface area contributed by atoms with E-state index in [9.17, 15) is 8.78 Å². The molecule has 0 aromatic carbocycles. The smallest absolute Gasteiger partial charge is 0.251 e. The molecule has 1 spiro atoms. The van der Waals surface area contributed by atoms with Gasteiger partial charge in [-0.1, -0.05) is 0 Å². The van der Waals surface area contributed by atoms with Gasteiger partial charge in [0.2, 0.25) is 0 Å². The van der Waals surface area contributed by atoms with Crippen molar-refractivity contribution in [2.45, 2.75) is 44.2 Å². The molecule has 4 rings (SSSR count). The molecule has 2 fully saturated rings. The number of hydrogen-bond donors (Lipinski definition) is 1. The Balaban J connectivity index is 1.77. The molecule has 0 amide bonds. The second-order valence-electron chi connectivity index (χ2n) is 6.13. The highest BCUT2D eigenvalue weighted by atomic mass is 19.3. The van der Waals surface area contributed by atoms with Crippen molar-refractivity contribution < 1.29 is 8.78 Å². The van der Waals surface area contributed by atoms with E-state index in [0.29, 0.717) is 6.54 Å². The molecule has 4 nitrogen and oxygen atoms in total. The maximum atomic E-state index is 13.2. The predicted octanol–water partition coefficient (Wildman–Crippen LogP) is 2.36. The summed E-state index contributed by atoms with van der Waals surface area (Å²) >= 11 is 0. The van der Waals surface area contributed by atoms with Gasteiger partial charge >= 0.3 is 0 Å². The third kappa shape index (κ3) is 1.48. The van der Waals surface area contributed by atoms with E-state index in [2.05, 4.69) is 15.4 Å². The fraction of sp³-hybridized carbons (Fsp3) is 0.571. The Morgan fingerprint density at radius 3 is 2.70 bits per heavy atom. The zero-order valence-corrected chi connectivity index (χ0v) is 11.5. The maximum absolute atomic E-state index is 13.2. The van der Waals surface area contributed by atoms with Crippen LogP contribution in [0.2, 0.25) is 0 Å². The first kappa shape index (κ1) is 12.2. The van der Waals surface area contributed by atoms with Crippen LogP contribution in [0.15, 0.2) is 12.3 Å². The lowest BCUT2D eigenvalue weighted by molar-refractivity contribution is -0.175. The minimum atomic E-state index is -2.53. The van der Waals surface area contributed by atoms with Crippen LogP contribution < -0.4 is 5.32 Å². The molecule has 3 heterocycles. The van der Waals surface area contributed by atoms with Crippen LogP contribution in [-0.2, 0) is 0 Å². The van der Waals surface area contributed by atoms with Crippen molar-refractivity contribution in [3.8, 4) is 0 Å². The van der Waals surface area contributed by atoms with E-state index in [4.69, 9.17) is 0 Å². The molecule has 2 aromatic rings. The van der Waals surface area contributed by atoms with Gasteiger partial charge in [-0.2, -0.15) is 5.10 Å². The molecule has 1 aliphatic heterocycles. The van der Waals surface area contributed by atoms with Crippen LogP contribution in [-0.4, -0.2) is 32.8 Å². The minimum Gasteiger partial charge on any atom is -0.307 e. The van der Waals surface area contributed by atoms with E-state index < -0.39 is 11.5 Å². The van der Waals surface area contributed by atoms with Gasteiger partial charge in [0.1, 0.15) is 0 Å². The summed E-state index contributed by atoms with van der Waals surface area (Å²) in [5, 5.41) is 8.63. The van der Waals surface area contributed by atoms with Crippen molar-refractivity contribution >= 4 is 10.9 Å². The summed E-state index contributed by atoms with van der Waals surface area (Å²) < 4.78 is 28.4. The number of rotatable bonds is 1. The Kier molecular flexibility index (Phi) is 2.17. The Bertz CT molecular complexity index is 699. The van der Waals surface area contributed by atoms with Gasteiger partial charge < -0.3 is 5.32 Å². The third-order valence-corrected chi connectivity index (χ3v) is 4.64. The predicted molar refractivity (Wildman–Crippen MR) is 71.0 cm³/mol. The van der Waals surface area contributed by atoms with Crippen molar-refractivity contribution in [1.29, 1.82) is 0 Å². The monoisotopic (exact) mass is 278 g/mol. The molecule has 0 bridgehead atoms. The van der Waals surface area contributed by atoms with Crippen LogP contribution in [0.3, 0.4) is 0 Å². The fourth-order valence-corrected chi connectivity index (χ4v) is 3.63. The molecule has 0 unspecified atom stereocenters. The number of pyridine rings is 1. The van der Waals surface area contributed by atoms with Gasteiger partial charge in [0.15, 0.2) is 0 Å². The summed E-state index contributed by atoms with van der Waals surface area (Å²) in [5.41, 5.74) is 2.40. The first-order valence-electron chi connectivity index (χ1n) is 6.85. The van der Waals surface area contributed by atoms with Crippen molar-refractivity contribution in [1.82, 2.24) is 20.1 Å². The van der Waals surface area contributed by atoms with Crippen LogP contribution in [0.1, 0.15) is 30.3 Å². The second kappa shape index (κ2) is 3.55. The number of hydrogen-bond acceptors (Lipinski definition) is 3. The SMILES string of the molecule is Cc1cc2c(cnn2[C@@H]2CNC23CC(F)(F)C3)c(C)n1. The molecule has 1 aliphatic carbocycles. The number of nitrogens with one attached hydrogen (secondary N) is 1. The Morgan fingerprint density at radius 2 is 2.10 bits per heavy atom. The van der Waals surface area contributed by atoms with E-state index in [1.165, 1.54) is 0 Å². The van der Waals surface area contributed by atoms with E-state index >= 15 is 0 Å². The highest BCUT2D eigenvalue weighted by Crippen LogP contribution is 2.54. The van der Waals surface area contributed by atoms with E-state index in [1.807, 2.05) is 24.6 Å². The summed E-state index contributed by atoms with van der Waals surface area (Å²) in [6.45, 7) is 4.59. The van der Waals surface area contributed by atoms with Gasteiger partial charge in [-0.05, 0) is 19.9 Å². The molecular weight excluding hydrogens is 262 g/mol. The lowest BCUT2D eigenvalue weighted by atomic mass is 9.64. The van der Waals surface area contributed by atoms with Crippen molar-refractivity contribution in [3.05, 3.63) is 23.7 Å². The number of aryl methyl sites for hydroxylation is 2. The molecule has 2 aliphatic rings. The zero-order chi connectivity index (χ0) is 14.1. The van der Waals surface area contributed by atoms with E-state index in [1.54, 1.807) is 6.20 Å². The second-order valence-corrected chi connectivity index (χ2v) is 6.13. The first-order valence-corrected chi connectivity index (χ1v) is 6.85. The summed E-state index contributed by atoms with van der Waals surface area (Å²) in [5.74, 6) is -2.53. The first-order chi connectivity index (χ1) is 9.40. The Morgan fingerprint density at radius 1 is 1.35 bits per heavy atom. The van der Waals surface area contributed by atoms with Crippen LogP contribution in [0.5, 0.6) is 0 Å². The van der Waals surface area contributed by atoms with Crippen molar-refractivity contribution in [2.24, 2.45) is 0 Å². The van der Waals surface area contributed by atoms with Gasteiger partial charge in [-0.15, -0.1) is 0 Å². The highest BCUT2D eigenvalue weighted by Gasteiger charge is 2.65. The standard InChI is InChI=1S/C14H16F2N4/c1-8-3-11-10(9(2)19-8)4-18-20(11)12-5-17-13(12)6-14(15,16)7-13/h3-4,12,17H,5-7H2,1-2H3/t12-/m1/s1. The van der Waals surface area contributed by atoms with Gasteiger partial charge in [0.05, 0.1) is 23.3 Å². The summed E-state index contributed by atoms with van der Waals surface area (Å²) in [4.78, 5) is 4.42. The molecule has 0 radical (unpaired) electrons. The number of nitrogens with zero attached hydrogens (tertiary/aromatic N) is 3. The molecule has 1 saturated heterocycles. The van der Waals surface area contributed by atoms with Crippen molar-refractivity contribution in [3.63, 3.8) is 0 Å². The summed E-state index contributed by atoms with van der Waals surface area (Å²) in [6.07, 6.45) is 1.62. The topological polar surface area (TPSA) is 42.7 Å². The van der Waals surface area contributed by atoms with Crippen molar-refractivity contribution in [2.75, 3.05) is 6.54 Å². The molecule has 1 saturated carbocycles. The lowest BCUT2D eigenvalue weighted by Gasteiger charge is -2.59. The minimum absolute atomic E-state index is 0.0147. The average Bonchev–Trinajstić information content (AvgIpc) is 2.68. The molecule has 106 valence electrons. The summed E-state index contributed by atoms with van der Waals surface area (Å²) in [6, 6.07) is 2.00. The van der Waals surface area contributed by atoms with Gasteiger partial charge in [-0.3, -0.25) is 9.67 Å². The number of fused-ring (bicyclic) bond motifs is 1. The molecule has 6 heteroatoms. The number of halogens is 2. The average molecular weight is 278 g/mol. The Hall–Kier alpha value is -1.56. The molecule has 20 heavy (non-hydrogen) atoms. The largest absolute Gasteiger partial charge is 0.307 e. The zero-order valence-electron chi connectivity index (χ0n) is 11.5. The molecule has 1 atom stereocenters. The number of alkyl halides is 2. The van der Waals surface area contributed by atoms with Gasteiger partial charge in [0, 0.05) is 36.2 Å². The molecule has 1 N–H and O–H groups in total. The van der Waals surface area contributed by atoms with Crippen LogP contribution in [0.25, 0.3) is 10.9 Å². The quantitative estimate of drug-likeness (QED) is 0.870. The molecule has 2 aromatic heterocycles.